The van der Waals surface area contributed by atoms with Crippen molar-refractivity contribution in [3.05, 3.63) is 47.5 Å². The van der Waals surface area contributed by atoms with Gasteiger partial charge in [-0.25, -0.2) is 4.79 Å². The van der Waals surface area contributed by atoms with Crippen molar-refractivity contribution in [3.63, 3.8) is 0 Å². The van der Waals surface area contributed by atoms with Gasteiger partial charge in [-0.3, -0.25) is 0 Å². The molecule has 0 radical (unpaired) electrons. The van der Waals surface area contributed by atoms with E-state index in [4.69, 9.17) is 10.2 Å². The van der Waals surface area contributed by atoms with Crippen molar-refractivity contribution in [2.24, 2.45) is 0 Å². The molecule has 0 atom stereocenters. The van der Waals surface area contributed by atoms with Crippen LogP contribution in [-0.4, -0.2) is 36.3 Å². The van der Waals surface area contributed by atoms with E-state index < -0.39 is 5.97 Å². The number of carbonyl (C=O) groups is 1. The largest absolute Gasteiger partial charge is 0.506 e. The summed E-state index contributed by atoms with van der Waals surface area (Å²) in [6.07, 6.45) is 0. The number of rotatable bonds is 3. The van der Waals surface area contributed by atoms with E-state index in [1.54, 1.807) is 18.2 Å². The van der Waals surface area contributed by atoms with Gasteiger partial charge in [-0.05, 0) is 35.9 Å². The lowest BCUT2D eigenvalue weighted by molar-refractivity contribution is 0.0697. The third-order valence-electron chi connectivity index (χ3n) is 3.07. The summed E-state index contributed by atoms with van der Waals surface area (Å²) in [4.78, 5) is 12.1. The minimum absolute atomic E-state index is 0.0361. The van der Waals surface area contributed by atoms with Crippen LogP contribution in [0.2, 0.25) is 0 Å². The molecule has 0 aliphatic rings. The Kier molecular flexibility index (Phi) is 3.03. The maximum atomic E-state index is 10.9. The standard InChI is InChI=1S/C14H11N3O4/c18-7-8-1-4-13(19)12(5-8)17-15-10-3-2-9(14(20)21)6-11(10)16-17/h1-6,18-19H,7H2,(H,20,21). The van der Waals surface area contributed by atoms with Crippen molar-refractivity contribution in [1.29, 1.82) is 0 Å². The minimum Gasteiger partial charge on any atom is -0.506 e. The molecular formula is C14H11N3O4. The SMILES string of the molecule is O=C(O)c1ccc2nn(-c3cc(CO)ccc3O)nc2c1. The molecule has 3 N–H and O–H groups in total. The van der Waals surface area contributed by atoms with Gasteiger partial charge in [-0.2, -0.15) is 0 Å². The third kappa shape index (κ3) is 2.30. The Morgan fingerprint density at radius 3 is 2.57 bits per heavy atom. The maximum Gasteiger partial charge on any atom is 0.335 e. The van der Waals surface area contributed by atoms with Crippen molar-refractivity contribution in [1.82, 2.24) is 15.0 Å². The highest BCUT2D eigenvalue weighted by Gasteiger charge is 2.11. The average Bonchev–Trinajstić information content (AvgIpc) is 2.90. The van der Waals surface area contributed by atoms with E-state index >= 15 is 0 Å². The van der Waals surface area contributed by atoms with E-state index in [-0.39, 0.29) is 17.9 Å². The number of benzene rings is 2. The van der Waals surface area contributed by atoms with E-state index in [0.29, 0.717) is 22.3 Å². The fourth-order valence-electron chi connectivity index (χ4n) is 1.98. The van der Waals surface area contributed by atoms with Crippen LogP contribution in [-0.2, 0) is 6.61 Å². The van der Waals surface area contributed by atoms with Crippen LogP contribution in [0.25, 0.3) is 16.7 Å². The number of aromatic hydroxyl groups is 1. The molecule has 0 amide bonds. The zero-order chi connectivity index (χ0) is 15.0. The first-order valence-corrected chi connectivity index (χ1v) is 6.12. The molecule has 3 rings (SSSR count). The number of phenolic OH excluding ortho intramolecular Hbond substituents is 1. The van der Waals surface area contributed by atoms with Gasteiger partial charge in [0, 0.05) is 0 Å². The number of nitrogens with zero attached hydrogens (tertiary/aromatic N) is 3. The smallest absolute Gasteiger partial charge is 0.335 e. The topological polar surface area (TPSA) is 108 Å². The van der Waals surface area contributed by atoms with Gasteiger partial charge >= 0.3 is 5.97 Å². The van der Waals surface area contributed by atoms with Crippen molar-refractivity contribution in [2.75, 3.05) is 0 Å². The van der Waals surface area contributed by atoms with E-state index in [2.05, 4.69) is 10.2 Å². The number of hydrogen-bond acceptors (Lipinski definition) is 5. The number of hydrogen-bond donors (Lipinski definition) is 3. The van der Waals surface area contributed by atoms with Crippen molar-refractivity contribution < 1.29 is 20.1 Å². The molecule has 2 aromatic carbocycles. The summed E-state index contributed by atoms with van der Waals surface area (Å²) in [5, 5.41) is 36.3. The van der Waals surface area contributed by atoms with Crippen LogP contribution < -0.4 is 0 Å². The number of aromatic nitrogens is 3. The molecule has 0 aliphatic heterocycles. The third-order valence-corrected chi connectivity index (χ3v) is 3.07. The van der Waals surface area contributed by atoms with Crippen molar-refractivity contribution >= 4 is 17.0 Å². The van der Waals surface area contributed by atoms with Crippen LogP contribution in [0, 0.1) is 0 Å². The number of carboxylic acid groups (broad SMARTS) is 1. The molecule has 0 bridgehead atoms. The molecular weight excluding hydrogens is 274 g/mol. The summed E-state index contributed by atoms with van der Waals surface area (Å²) < 4.78 is 0. The van der Waals surface area contributed by atoms with Gasteiger partial charge in [-0.15, -0.1) is 15.0 Å². The Morgan fingerprint density at radius 1 is 1.10 bits per heavy atom. The van der Waals surface area contributed by atoms with Gasteiger partial charge in [0.1, 0.15) is 22.5 Å². The Hall–Kier alpha value is -2.93. The fourth-order valence-corrected chi connectivity index (χ4v) is 1.98. The first-order chi connectivity index (χ1) is 10.1. The number of aromatic carboxylic acids is 1. The summed E-state index contributed by atoms with van der Waals surface area (Å²) >= 11 is 0. The van der Waals surface area contributed by atoms with Crippen LogP contribution in [0.5, 0.6) is 5.75 Å². The van der Waals surface area contributed by atoms with Gasteiger partial charge in [-0.1, -0.05) is 6.07 Å². The van der Waals surface area contributed by atoms with E-state index in [1.165, 1.54) is 23.0 Å². The highest BCUT2D eigenvalue weighted by molar-refractivity contribution is 5.92. The molecule has 3 aromatic rings. The number of carboxylic acids is 1. The molecule has 1 aromatic heterocycles. The highest BCUT2D eigenvalue weighted by Crippen LogP contribution is 2.23. The number of aliphatic hydroxyl groups excluding tert-OH is 1. The Morgan fingerprint density at radius 2 is 1.86 bits per heavy atom. The predicted molar refractivity (Wildman–Crippen MR) is 73.4 cm³/mol. The zero-order valence-electron chi connectivity index (χ0n) is 10.8. The van der Waals surface area contributed by atoms with Gasteiger partial charge in [0.25, 0.3) is 0 Å². The Balaban J connectivity index is 2.15. The summed E-state index contributed by atoms with van der Waals surface area (Å²) in [5.74, 6) is -1.08. The molecule has 0 unspecified atom stereocenters. The number of phenols is 1. The molecule has 0 fully saturated rings. The summed E-state index contributed by atoms with van der Waals surface area (Å²) in [5.41, 5.74) is 1.95. The van der Waals surface area contributed by atoms with E-state index in [9.17, 15) is 9.90 Å². The van der Waals surface area contributed by atoms with E-state index in [0.717, 1.165) is 0 Å². The molecule has 1 heterocycles. The first kappa shape index (κ1) is 13.1. The number of fused-ring (bicyclic) bond motifs is 1. The van der Waals surface area contributed by atoms with Gasteiger partial charge < -0.3 is 15.3 Å². The Labute approximate surface area is 118 Å². The van der Waals surface area contributed by atoms with Crippen LogP contribution in [0.15, 0.2) is 36.4 Å². The maximum absolute atomic E-state index is 10.9. The molecule has 7 nitrogen and oxygen atoms in total. The van der Waals surface area contributed by atoms with Gasteiger partial charge in [0.15, 0.2) is 0 Å². The molecule has 0 saturated carbocycles. The molecule has 21 heavy (non-hydrogen) atoms. The molecule has 7 heteroatoms. The average molecular weight is 285 g/mol. The van der Waals surface area contributed by atoms with E-state index in [1.807, 2.05) is 0 Å². The molecule has 0 spiro atoms. The molecule has 0 saturated heterocycles. The minimum atomic E-state index is -1.04. The van der Waals surface area contributed by atoms with Gasteiger partial charge in [0.05, 0.1) is 12.2 Å². The highest BCUT2D eigenvalue weighted by atomic mass is 16.4. The van der Waals surface area contributed by atoms with Crippen LogP contribution >= 0.6 is 0 Å². The summed E-state index contributed by atoms with van der Waals surface area (Å²) in [6.45, 7) is -0.169. The van der Waals surface area contributed by atoms with Crippen LogP contribution in [0.4, 0.5) is 0 Å². The van der Waals surface area contributed by atoms with Crippen molar-refractivity contribution in [2.45, 2.75) is 6.61 Å². The van der Waals surface area contributed by atoms with Gasteiger partial charge in [0.2, 0.25) is 0 Å². The lowest BCUT2D eigenvalue weighted by Gasteiger charge is -2.04. The van der Waals surface area contributed by atoms with Crippen LogP contribution in [0.1, 0.15) is 15.9 Å². The summed E-state index contributed by atoms with van der Waals surface area (Å²) in [7, 11) is 0. The quantitative estimate of drug-likeness (QED) is 0.669. The predicted octanol–water partition coefficient (Wildman–Crippen LogP) is 1.32. The zero-order valence-corrected chi connectivity index (χ0v) is 10.8. The first-order valence-electron chi connectivity index (χ1n) is 6.12. The molecule has 106 valence electrons. The normalized spacial score (nSPS) is 10.9. The Bertz CT molecular complexity index is 841. The lowest BCUT2D eigenvalue weighted by atomic mass is 10.2. The summed E-state index contributed by atoms with van der Waals surface area (Å²) in [6, 6.07) is 8.99. The monoisotopic (exact) mass is 285 g/mol. The lowest BCUT2D eigenvalue weighted by Crippen LogP contribution is -2.00. The second-order valence-electron chi connectivity index (χ2n) is 4.48. The second-order valence-corrected chi connectivity index (χ2v) is 4.48. The molecule has 0 aliphatic carbocycles. The second kappa shape index (κ2) is 4.88. The number of aliphatic hydroxyl groups is 1. The van der Waals surface area contributed by atoms with Crippen LogP contribution in [0.3, 0.4) is 0 Å². The fraction of sp³-hybridized carbons (Fsp3) is 0.0714. The van der Waals surface area contributed by atoms with Crippen molar-refractivity contribution in [3.8, 4) is 11.4 Å².